The molecule has 20 heavy (non-hydrogen) atoms. The first kappa shape index (κ1) is 13.3. The third-order valence-electron chi connectivity index (χ3n) is 3.59. The van der Waals surface area contributed by atoms with Gasteiger partial charge in [-0.15, -0.1) is 0 Å². The summed E-state index contributed by atoms with van der Waals surface area (Å²) in [7, 11) is 0. The van der Waals surface area contributed by atoms with Crippen molar-refractivity contribution in [2.45, 2.75) is 38.6 Å². The fourth-order valence-corrected chi connectivity index (χ4v) is 3.27. The van der Waals surface area contributed by atoms with Crippen LogP contribution >= 0.6 is 11.3 Å². The highest BCUT2D eigenvalue weighted by Crippen LogP contribution is 2.30. The normalized spacial score (nSPS) is 19.2. The van der Waals surface area contributed by atoms with Crippen molar-refractivity contribution in [2.75, 3.05) is 6.54 Å². The van der Waals surface area contributed by atoms with Gasteiger partial charge in [0.25, 0.3) is 0 Å². The van der Waals surface area contributed by atoms with Crippen molar-refractivity contribution in [1.29, 1.82) is 0 Å². The largest absolute Gasteiger partial charge is 0.337 e. The van der Waals surface area contributed by atoms with E-state index in [2.05, 4.69) is 10.1 Å². The summed E-state index contributed by atoms with van der Waals surface area (Å²) >= 11 is 1.62. The molecule has 0 spiro atoms. The molecule has 1 fully saturated rings. The number of carbonyl (C=O) groups excluding carboxylic acids is 1. The number of nitrogens with zero attached hydrogens (tertiary/aromatic N) is 3. The average molecular weight is 291 g/mol. The van der Waals surface area contributed by atoms with Crippen molar-refractivity contribution in [3.05, 3.63) is 34.1 Å². The maximum absolute atomic E-state index is 12.5. The molecular weight excluding hydrogens is 274 g/mol. The van der Waals surface area contributed by atoms with Crippen molar-refractivity contribution in [3.63, 3.8) is 0 Å². The second kappa shape index (κ2) is 5.75. The molecule has 6 heteroatoms. The number of hydrogen-bond donors (Lipinski definition) is 0. The lowest BCUT2D eigenvalue weighted by molar-refractivity contribution is -0.135. The third kappa shape index (κ3) is 2.75. The van der Waals surface area contributed by atoms with Crippen molar-refractivity contribution < 1.29 is 9.32 Å². The number of thiophene rings is 1. The Morgan fingerprint density at radius 3 is 3.15 bits per heavy atom. The Labute approximate surface area is 121 Å². The number of aromatic nitrogens is 2. The molecule has 1 atom stereocenters. The van der Waals surface area contributed by atoms with Crippen LogP contribution in [-0.4, -0.2) is 27.5 Å². The Bertz CT molecular complexity index is 579. The first-order chi connectivity index (χ1) is 9.74. The number of rotatable bonds is 3. The molecule has 0 aromatic carbocycles. The number of aryl methyl sites for hydroxylation is 1. The summed E-state index contributed by atoms with van der Waals surface area (Å²) in [5, 5.41) is 7.86. The van der Waals surface area contributed by atoms with Crippen LogP contribution in [0.25, 0.3) is 0 Å². The fraction of sp³-hybridized carbons (Fsp3) is 0.500. The van der Waals surface area contributed by atoms with Crippen molar-refractivity contribution >= 4 is 17.2 Å². The van der Waals surface area contributed by atoms with Crippen LogP contribution in [0.5, 0.6) is 0 Å². The van der Waals surface area contributed by atoms with E-state index in [0.29, 0.717) is 18.1 Å². The molecule has 1 unspecified atom stereocenters. The average Bonchev–Trinajstić information content (AvgIpc) is 3.10. The van der Waals surface area contributed by atoms with Crippen LogP contribution in [0.15, 0.2) is 21.3 Å². The molecule has 1 saturated heterocycles. The van der Waals surface area contributed by atoms with E-state index >= 15 is 0 Å². The Hall–Kier alpha value is -1.69. The van der Waals surface area contributed by atoms with Crippen LogP contribution in [-0.2, 0) is 11.2 Å². The lowest BCUT2D eigenvalue weighted by Crippen LogP contribution is -2.39. The van der Waals surface area contributed by atoms with Gasteiger partial charge < -0.3 is 9.42 Å². The van der Waals surface area contributed by atoms with Gasteiger partial charge in [-0.2, -0.15) is 16.3 Å². The highest BCUT2D eigenvalue weighted by atomic mass is 32.1. The Morgan fingerprint density at radius 2 is 2.45 bits per heavy atom. The standard InChI is InChI=1S/C14H17N3O2S/c1-10-15-14(19-16-10)12-4-2-3-6-17(12)13(18)8-11-5-7-20-9-11/h5,7,9,12H,2-4,6,8H2,1H3. The lowest BCUT2D eigenvalue weighted by Gasteiger charge is -2.33. The van der Waals surface area contributed by atoms with Gasteiger partial charge in [0.1, 0.15) is 6.04 Å². The van der Waals surface area contributed by atoms with Crippen LogP contribution in [0.4, 0.5) is 0 Å². The first-order valence-corrected chi connectivity index (χ1v) is 7.79. The minimum atomic E-state index is -0.0592. The molecule has 2 aromatic heterocycles. The molecule has 2 aromatic rings. The second-order valence-corrected chi connectivity index (χ2v) is 5.87. The molecule has 5 nitrogen and oxygen atoms in total. The molecule has 0 aliphatic carbocycles. The highest BCUT2D eigenvalue weighted by molar-refractivity contribution is 7.07. The van der Waals surface area contributed by atoms with Crippen LogP contribution in [0.2, 0.25) is 0 Å². The van der Waals surface area contributed by atoms with Crippen molar-refractivity contribution in [3.8, 4) is 0 Å². The number of likely N-dealkylation sites (tertiary alicyclic amines) is 1. The summed E-state index contributed by atoms with van der Waals surface area (Å²) in [5.74, 6) is 1.33. The fourth-order valence-electron chi connectivity index (χ4n) is 2.60. The van der Waals surface area contributed by atoms with Gasteiger partial charge in [-0.25, -0.2) is 0 Å². The van der Waals surface area contributed by atoms with E-state index in [0.717, 1.165) is 31.4 Å². The second-order valence-electron chi connectivity index (χ2n) is 5.09. The van der Waals surface area contributed by atoms with Gasteiger partial charge in [0.2, 0.25) is 11.8 Å². The molecule has 0 saturated carbocycles. The molecule has 1 amide bonds. The summed E-state index contributed by atoms with van der Waals surface area (Å²) in [6.45, 7) is 2.57. The third-order valence-corrected chi connectivity index (χ3v) is 4.32. The molecular formula is C14H17N3O2S. The van der Waals surface area contributed by atoms with E-state index in [9.17, 15) is 4.79 Å². The highest BCUT2D eigenvalue weighted by Gasteiger charge is 2.31. The van der Waals surface area contributed by atoms with Crippen LogP contribution in [0.3, 0.4) is 0 Å². The summed E-state index contributed by atoms with van der Waals surface area (Å²) in [6, 6.07) is 1.94. The maximum atomic E-state index is 12.5. The van der Waals surface area contributed by atoms with Gasteiger partial charge in [0.15, 0.2) is 5.82 Å². The van der Waals surface area contributed by atoms with Crippen molar-refractivity contribution in [1.82, 2.24) is 15.0 Å². The number of hydrogen-bond acceptors (Lipinski definition) is 5. The van der Waals surface area contributed by atoms with Gasteiger partial charge in [-0.1, -0.05) is 5.16 Å². The Balaban J connectivity index is 1.76. The predicted octanol–water partition coefficient (Wildman–Crippen LogP) is 2.74. The summed E-state index contributed by atoms with van der Waals surface area (Å²) in [4.78, 5) is 18.7. The van der Waals surface area contributed by atoms with E-state index in [1.54, 1.807) is 18.3 Å². The minimum Gasteiger partial charge on any atom is -0.337 e. The smallest absolute Gasteiger partial charge is 0.249 e. The Kier molecular flexibility index (Phi) is 3.82. The Morgan fingerprint density at radius 1 is 1.55 bits per heavy atom. The molecule has 1 aliphatic heterocycles. The van der Waals surface area contributed by atoms with E-state index in [1.165, 1.54) is 0 Å². The molecule has 0 N–H and O–H groups in total. The van der Waals surface area contributed by atoms with Gasteiger partial charge in [-0.3, -0.25) is 4.79 Å². The number of piperidine rings is 1. The molecule has 106 valence electrons. The summed E-state index contributed by atoms with van der Waals surface area (Å²) in [5.41, 5.74) is 1.08. The van der Waals surface area contributed by atoms with E-state index < -0.39 is 0 Å². The summed E-state index contributed by atoms with van der Waals surface area (Å²) < 4.78 is 5.27. The maximum Gasteiger partial charge on any atom is 0.249 e. The molecule has 0 radical (unpaired) electrons. The van der Waals surface area contributed by atoms with Gasteiger partial charge >= 0.3 is 0 Å². The zero-order chi connectivity index (χ0) is 13.9. The minimum absolute atomic E-state index is 0.0592. The van der Waals surface area contributed by atoms with Crippen LogP contribution in [0.1, 0.15) is 42.6 Å². The van der Waals surface area contributed by atoms with E-state index in [1.807, 2.05) is 21.7 Å². The number of amides is 1. The lowest BCUT2D eigenvalue weighted by atomic mass is 10.0. The monoisotopic (exact) mass is 291 g/mol. The quantitative estimate of drug-likeness (QED) is 0.872. The molecule has 0 bridgehead atoms. The van der Waals surface area contributed by atoms with E-state index in [-0.39, 0.29) is 11.9 Å². The first-order valence-electron chi connectivity index (χ1n) is 6.85. The molecule has 3 rings (SSSR count). The number of carbonyl (C=O) groups is 1. The SMILES string of the molecule is Cc1noc(C2CCCCN2C(=O)Cc2ccsc2)n1. The molecule has 3 heterocycles. The summed E-state index contributed by atoms with van der Waals surface area (Å²) in [6.07, 6.45) is 3.48. The van der Waals surface area contributed by atoms with Crippen LogP contribution in [0, 0.1) is 6.92 Å². The van der Waals surface area contributed by atoms with Gasteiger partial charge in [-0.05, 0) is 48.6 Å². The van der Waals surface area contributed by atoms with Gasteiger partial charge in [0.05, 0.1) is 6.42 Å². The van der Waals surface area contributed by atoms with Crippen LogP contribution < -0.4 is 0 Å². The van der Waals surface area contributed by atoms with E-state index in [4.69, 9.17) is 4.52 Å². The zero-order valence-corrected chi connectivity index (χ0v) is 12.2. The zero-order valence-electron chi connectivity index (χ0n) is 11.4. The topological polar surface area (TPSA) is 59.2 Å². The molecule has 1 aliphatic rings. The predicted molar refractivity (Wildman–Crippen MR) is 75.4 cm³/mol. The van der Waals surface area contributed by atoms with Gasteiger partial charge in [0, 0.05) is 6.54 Å². The van der Waals surface area contributed by atoms with Crippen molar-refractivity contribution in [2.24, 2.45) is 0 Å².